The van der Waals surface area contributed by atoms with Gasteiger partial charge in [0, 0.05) is 0 Å². The Balaban J connectivity index is 2.57. The van der Waals surface area contributed by atoms with Crippen LogP contribution in [0.1, 0.15) is 37.2 Å². The summed E-state index contributed by atoms with van der Waals surface area (Å²) in [5.74, 6) is -2.16. The molecule has 0 atom stereocenters. The second kappa shape index (κ2) is 7.26. The number of rotatable bonds is 7. The summed E-state index contributed by atoms with van der Waals surface area (Å²) in [6, 6.07) is 3.01. The van der Waals surface area contributed by atoms with Gasteiger partial charge in [0.25, 0.3) is 5.91 Å². The standard InChI is InChI=1S/C13H17BrN2O5/c1-3-13(4-2,12(19)20)16-10(17)7-15-11(18)8-5-6-9(14)21-8/h5-6H,3-4,7H2,1-2H3,(H,15,18)(H,16,17)(H,19,20). The van der Waals surface area contributed by atoms with E-state index >= 15 is 0 Å². The van der Waals surface area contributed by atoms with Crippen LogP contribution in [0.5, 0.6) is 0 Å². The highest BCUT2D eigenvalue weighted by atomic mass is 79.9. The average Bonchev–Trinajstić information content (AvgIpc) is 2.88. The van der Waals surface area contributed by atoms with E-state index in [9.17, 15) is 19.5 Å². The Hall–Kier alpha value is -1.83. The number of hydrogen-bond acceptors (Lipinski definition) is 4. The number of nitrogens with one attached hydrogen (secondary N) is 2. The largest absolute Gasteiger partial charge is 0.480 e. The summed E-state index contributed by atoms with van der Waals surface area (Å²) in [6.45, 7) is 3.03. The van der Waals surface area contributed by atoms with Crippen molar-refractivity contribution in [2.75, 3.05) is 6.54 Å². The van der Waals surface area contributed by atoms with Crippen molar-refractivity contribution in [3.8, 4) is 0 Å². The number of carbonyl (C=O) groups excluding carboxylic acids is 2. The minimum absolute atomic E-state index is 0.0603. The number of carboxylic acid groups (broad SMARTS) is 1. The zero-order valence-electron chi connectivity index (χ0n) is 11.7. The third kappa shape index (κ3) is 4.32. The van der Waals surface area contributed by atoms with Crippen molar-refractivity contribution in [3.05, 3.63) is 22.6 Å². The van der Waals surface area contributed by atoms with Gasteiger partial charge in [-0.05, 0) is 40.9 Å². The zero-order valence-corrected chi connectivity index (χ0v) is 13.3. The molecule has 0 aromatic carbocycles. The topological polar surface area (TPSA) is 109 Å². The van der Waals surface area contributed by atoms with Crippen LogP contribution in [0, 0.1) is 0 Å². The summed E-state index contributed by atoms with van der Waals surface area (Å²) in [6.07, 6.45) is 0.507. The van der Waals surface area contributed by atoms with Crippen molar-refractivity contribution in [1.82, 2.24) is 10.6 Å². The van der Waals surface area contributed by atoms with Crippen LogP contribution in [-0.2, 0) is 9.59 Å². The quantitative estimate of drug-likeness (QED) is 0.683. The van der Waals surface area contributed by atoms with E-state index in [1.807, 2.05) is 0 Å². The van der Waals surface area contributed by atoms with Gasteiger partial charge in [-0.25, -0.2) is 4.79 Å². The van der Waals surface area contributed by atoms with Crippen LogP contribution >= 0.6 is 15.9 Å². The molecule has 0 spiro atoms. The van der Waals surface area contributed by atoms with Crippen LogP contribution in [0.3, 0.4) is 0 Å². The van der Waals surface area contributed by atoms with Crippen LogP contribution in [0.2, 0.25) is 0 Å². The minimum atomic E-state index is -1.31. The molecule has 0 fully saturated rings. The molecular formula is C13H17BrN2O5. The van der Waals surface area contributed by atoms with Crippen molar-refractivity contribution in [1.29, 1.82) is 0 Å². The number of furan rings is 1. The lowest BCUT2D eigenvalue weighted by Crippen LogP contribution is -2.55. The van der Waals surface area contributed by atoms with Gasteiger partial charge in [0.1, 0.15) is 5.54 Å². The highest BCUT2D eigenvalue weighted by Gasteiger charge is 2.36. The van der Waals surface area contributed by atoms with Crippen molar-refractivity contribution in [2.24, 2.45) is 0 Å². The van der Waals surface area contributed by atoms with E-state index in [1.54, 1.807) is 19.9 Å². The Kier molecular flexibility index (Phi) is 5.95. The number of halogens is 1. The molecule has 0 aliphatic heterocycles. The average molecular weight is 361 g/mol. The van der Waals surface area contributed by atoms with Gasteiger partial charge in [-0.15, -0.1) is 0 Å². The Bertz CT molecular complexity index is 536. The minimum Gasteiger partial charge on any atom is -0.480 e. The molecule has 0 saturated carbocycles. The van der Waals surface area contributed by atoms with Crippen LogP contribution in [0.25, 0.3) is 0 Å². The maximum Gasteiger partial charge on any atom is 0.329 e. The van der Waals surface area contributed by atoms with E-state index in [4.69, 9.17) is 4.42 Å². The summed E-state index contributed by atoms with van der Waals surface area (Å²) in [5.41, 5.74) is -1.31. The van der Waals surface area contributed by atoms with Crippen molar-refractivity contribution >= 4 is 33.7 Å². The maximum atomic E-state index is 11.8. The molecule has 116 valence electrons. The molecule has 3 N–H and O–H groups in total. The van der Waals surface area contributed by atoms with Gasteiger partial charge in [-0.3, -0.25) is 9.59 Å². The number of amides is 2. The van der Waals surface area contributed by atoms with E-state index in [-0.39, 0.29) is 25.1 Å². The first kappa shape index (κ1) is 17.2. The third-order valence-corrected chi connectivity index (χ3v) is 3.63. The first-order valence-electron chi connectivity index (χ1n) is 6.42. The first-order valence-corrected chi connectivity index (χ1v) is 7.22. The zero-order chi connectivity index (χ0) is 16.0. The molecule has 2 amide bonds. The lowest BCUT2D eigenvalue weighted by Gasteiger charge is -2.28. The van der Waals surface area contributed by atoms with Crippen LogP contribution < -0.4 is 10.6 Å². The fraction of sp³-hybridized carbons (Fsp3) is 0.462. The highest BCUT2D eigenvalue weighted by Crippen LogP contribution is 2.15. The third-order valence-electron chi connectivity index (χ3n) is 3.20. The van der Waals surface area contributed by atoms with Gasteiger partial charge in [-0.2, -0.15) is 0 Å². The molecule has 21 heavy (non-hydrogen) atoms. The van der Waals surface area contributed by atoms with Gasteiger partial charge < -0.3 is 20.2 Å². The molecule has 0 saturated heterocycles. The molecule has 8 heteroatoms. The smallest absolute Gasteiger partial charge is 0.329 e. The lowest BCUT2D eigenvalue weighted by atomic mass is 9.93. The fourth-order valence-electron chi connectivity index (χ4n) is 1.78. The lowest BCUT2D eigenvalue weighted by molar-refractivity contribution is -0.147. The summed E-state index contributed by atoms with van der Waals surface area (Å²) in [4.78, 5) is 34.7. The van der Waals surface area contributed by atoms with E-state index in [0.717, 1.165) is 0 Å². The predicted molar refractivity (Wildman–Crippen MR) is 77.8 cm³/mol. The molecular weight excluding hydrogens is 344 g/mol. The summed E-state index contributed by atoms with van der Waals surface area (Å²) in [7, 11) is 0. The normalized spacial score (nSPS) is 11.0. The van der Waals surface area contributed by atoms with Crippen LogP contribution in [0.15, 0.2) is 21.2 Å². The van der Waals surface area contributed by atoms with Gasteiger partial charge >= 0.3 is 5.97 Å². The molecule has 1 rings (SSSR count). The van der Waals surface area contributed by atoms with Gasteiger partial charge in [0.15, 0.2) is 10.4 Å². The molecule has 0 aliphatic rings. The van der Waals surface area contributed by atoms with E-state index in [1.165, 1.54) is 6.07 Å². The Labute approximate surface area is 130 Å². The van der Waals surface area contributed by atoms with Crippen molar-refractivity contribution in [3.63, 3.8) is 0 Å². The first-order chi connectivity index (χ1) is 9.84. The molecule has 0 bridgehead atoms. The van der Waals surface area contributed by atoms with Gasteiger partial charge in [0.05, 0.1) is 6.54 Å². The summed E-state index contributed by atoms with van der Waals surface area (Å²) >= 11 is 3.06. The van der Waals surface area contributed by atoms with E-state index < -0.39 is 23.3 Å². The van der Waals surface area contributed by atoms with E-state index in [0.29, 0.717) is 4.67 Å². The number of aliphatic carboxylic acids is 1. The van der Waals surface area contributed by atoms with Crippen LogP contribution in [-0.4, -0.2) is 35.0 Å². The maximum absolute atomic E-state index is 11.8. The number of carbonyl (C=O) groups is 3. The molecule has 0 unspecified atom stereocenters. The number of carboxylic acids is 1. The molecule has 7 nitrogen and oxygen atoms in total. The van der Waals surface area contributed by atoms with Gasteiger partial charge in [0.2, 0.25) is 5.91 Å². The summed E-state index contributed by atoms with van der Waals surface area (Å²) < 4.78 is 5.44. The Morgan fingerprint density at radius 3 is 2.33 bits per heavy atom. The molecule has 1 aromatic heterocycles. The fourth-order valence-corrected chi connectivity index (χ4v) is 2.08. The Morgan fingerprint density at radius 2 is 1.90 bits per heavy atom. The van der Waals surface area contributed by atoms with E-state index in [2.05, 4.69) is 26.6 Å². The molecule has 0 aliphatic carbocycles. The second-order valence-electron chi connectivity index (χ2n) is 4.43. The van der Waals surface area contributed by atoms with Crippen molar-refractivity contribution in [2.45, 2.75) is 32.2 Å². The molecule has 1 aromatic rings. The number of hydrogen-bond donors (Lipinski definition) is 3. The SMILES string of the molecule is CCC(CC)(NC(=O)CNC(=O)c1ccc(Br)o1)C(=O)O. The predicted octanol–water partition coefficient (Wildman–Crippen LogP) is 1.53. The summed E-state index contributed by atoms with van der Waals surface area (Å²) in [5, 5.41) is 14.0. The Morgan fingerprint density at radius 1 is 1.29 bits per heavy atom. The molecule has 0 radical (unpaired) electrons. The van der Waals surface area contributed by atoms with Crippen LogP contribution in [0.4, 0.5) is 0 Å². The highest BCUT2D eigenvalue weighted by molar-refractivity contribution is 9.10. The van der Waals surface area contributed by atoms with Gasteiger partial charge in [-0.1, -0.05) is 13.8 Å². The monoisotopic (exact) mass is 360 g/mol. The molecule has 1 heterocycles. The second-order valence-corrected chi connectivity index (χ2v) is 5.21. The van der Waals surface area contributed by atoms with Crippen molar-refractivity contribution < 1.29 is 23.9 Å².